The molecule has 3 rings (SSSR count). The Bertz CT molecular complexity index is 776. The summed E-state index contributed by atoms with van der Waals surface area (Å²) in [5, 5.41) is 4.17. The van der Waals surface area contributed by atoms with Gasteiger partial charge < -0.3 is 15.0 Å². The zero-order valence-electron chi connectivity index (χ0n) is 16.5. The second kappa shape index (κ2) is 8.25. The number of carbonyl (C=O) groups is 1. The van der Waals surface area contributed by atoms with E-state index in [2.05, 4.69) is 23.3 Å². The molecular weight excluding hydrogens is 360 g/mol. The molecular formula is C20H28N4O2S. The number of rotatable bonds is 4. The molecule has 7 heteroatoms. The molecule has 0 saturated carbocycles. The molecule has 0 aromatic carbocycles. The third-order valence-electron chi connectivity index (χ3n) is 4.47. The Balaban J connectivity index is 1.59. The van der Waals surface area contributed by atoms with Crippen molar-refractivity contribution >= 4 is 28.4 Å². The monoisotopic (exact) mass is 388 g/mol. The predicted molar refractivity (Wildman–Crippen MR) is 109 cm³/mol. The lowest BCUT2D eigenvalue weighted by atomic mass is 9.93. The number of hydrogen-bond acceptors (Lipinski definition) is 6. The lowest BCUT2D eigenvalue weighted by molar-refractivity contribution is 0.0204. The molecule has 1 saturated heterocycles. The minimum Gasteiger partial charge on any atom is -0.444 e. The maximum Gasteiger partial charge on any atom is 0.410 e. The van der Waals surface area contributed by atoms with Gasteiger partial charge >= 0.3 is 6.09 Å². The number of carbonyl (C=O) groups excluding carboxylic acids is 1. The van der Waals surface area contributed by atoms with Crippen LogP contribution in [0.15, 0.2) is 24.4 Å². The van der Waals surface area contributed by atoms with Gasteiger partial charge in [-0.3, -0.25) is 0 Å². The van der Waals surface area contributed by atoms with Crippen molar-refractivity contribution in [3.05, 3.63) is 35.0 Å². The summed E-state index contributed by atoms with van der Waals surface area (Å²) in [6, 6.07) is 6.06. The number of piperidine rings is 1. The molecule has 0 radical (unpaired) electrons. The highest BCUT2D eigenvalue weighted by Gasteiger charge is 2.28. The van der Waals surface area contributed by atoms with Gasteiger partial charge in [0.15, 0.2) is 5.13 Å². The number of aromatic nitrogens is 2. The second-order valence-corrected chi connectivity index (χ2v) is 8.91. The highest BCUT2D eigenvalue weighted by molar-refractivity contribution is 7.15. The van der Waals surface area contributed by atoms with Crippen molar-refractivity contribution in [3.8, 4) is 0 Å². The van der Waals surface area contributed by atoms with Crippen LogP contribution < -0.4 is 5.32 Å². The van der Waals surface area contributed by atoms with Gasteiger partial charge in [-0.05, 0) is 52.2 Å². The van der Waals surface area contributed by atoms with Gasteiger partial charge in [0.05, 0.1) is 0 Å². The van der Waals surface area contributed by atoms with E-state index in [1.165, 1.54) is 4.88 Å². The summed E-state index contributed by atoms with van der Waals surface area (Å²) in [6.45, 7) is 9.21. The van der Waals surface area contributed by atoms with Crippen molar-refractivity contribution in [2.24, 2.45) is 0 Å². The fraction of sp³-hybridized carbons (Fsp3) is 0.550. The van der Waals surface area contributed by atoms with Gasteiger partial charge in [0.25, 0.3) is 0 Å². The number of amides is 1. The van der Waals surface area contributed by atoms with E-state index in [1.54, 1.807) is 16.2 Å². The summed E-state index contributed by atoms with van der Waals surface area (Å²) in [5.41, 5.74) is 0.610. The van der Waals surface area contributed by atoms with Crippen molar-refractivity contribution in [1.82, 2.24) is 14.9 Å². The van der Waals surface area contributed by atoms with E-state index >= 15 is 0 Å². The summed E-state index contributed by atoms with van der Waals surface area (Å²) in [5.74, 6) is 1.17. The van der Waals surface area contributed by atoms with E-state index in [9.17, 15) is 4.79 Å². The third-order valence-corrected chi connectivity index (χ3v) is 5.53. The molecule has 1 N–H and O–H groups in total. The molecule has 0 unspecified atom stereocenters. The number of anilines is 2. The van der Waals surface area contributed by atoms with Gasteiger partial charge in [-0.15, -0.1) is 11.3 Å². The molecule has 0 atom stereocenters. The normalized spacial score (nSPS) is 15.6. The number of nitrogens with one attached hydrogen (secondary N) is 1. The van der Waals surface area contributed by atoms with Crippen LogP contribution >= 0.6 is 11.3 Å². The Hall–Kier alpha value is -2.15. The van der Waals surface area contributed by atoms with E-state index in [4.69, 9.17) is 9.72 Å². The maximum atomic E-state index is 12.2. The van der Waals surface area contributed by atoms with Crippen molar-refractivity contribution in [2.75, 3.05) is 18.4 Å². The highest BCUT2D eigenvalue weighted by Crippen LogP contribution is 2.29. The van der Waals surface area contributed by atoms with Crippen LogP contribution in [-0.2, 0) is 11.2 Å². The topological polar surface area (TPSA) is 67.4 Å². The van der Waals surface area contributed by atoms with E-state index < -0.39 is 5.60 Å². The molecule has 1 aliphatic heterocycles. The standard InChI is InChI=1S/C20H28N4O2S/c1-5-15-13-21-18(27-15)23-17-8-6-7-16(22-17)14-9-11-24(12-10-14)19(25)26-20(2,3)4/h6-8,13-14H,5,9-12H2,1-4H3,(H,21,22,23). The van der Waals surface area contributed by atoms with Gasteiger partial charge in [-0.2, -0.15) is 0 Å². The number of ether oxygens (including phenoxy) is 1. The quantitative estimate of drug-likeness (QED) is 0.802. The summed E-state index contributed by atoms with van der Waals surface area (Å²) >= 11 is 1.66. The minimum atomic E-state index is -0.455. The predicted octanol–water partition coefficient (Wildman–Crippen LogP) is 4.96. The summed E-state index contributed by atoms with van der Waals surface area (Å²) < 4.78 is 5.47. The molecule has 0 spiro atoms. The van der Waals surface area contributed by atoms with E-state index in [0.717, 1.165) is 35.9 Å². The summed E-state index contributed by atoms with van der Waals surface area (Å²) in [6.07, 6.45) is 4.46. The first kappa shape index (κ1) is 19.6. The first-order valence-electron chi connectivity index (χ1n) is 9.50. The summed E-state index contributed by atoms with van der Waals surface area (Å²) in [7, 11) is 0. The lowest BCUT2D eigenvalue weighted by Gasteiger charge is -2.33. The zero-order valence-corrected chi connectivity index (χ0v) is 17.3. The van der Waals surface area contributed by atoms with Crippen molar-refractivity contribution in [2.45, 2.75) is 58.5 Å². The van der Waals surface area contributed by atoms with Crippen LogP contribution in [0.1, 0.15) is 57.0 Å². The van der Waals surface area contributed by atoms with E-state index in [0.29, 0.717) is 19.0 Å². The van der Waals surface area contributed by atoms with Crippen LogP contribution in [0.3, 0.4) is 0 Å². The van der Waals surface area contributed by atoms with Crippen molar-refractivity contribution in [3.63, 3.8) is 0 Å². The Morgan fingerprint density at radius 2 is 2.07 bits per heavy atom. The van der Waals surface area contributed by atoms with Gasteiger partial charge in [0, 0.05) is 35.8 Å². The highest BCUT2D eigenvalue weighted by atomic mass is 32.1. The molecule has 0 aliphatic carbocycles. The Kier molecular flexibility index (Phi) is 5.99. The number of hydrogen-bond donors (Lipinski definition) is 1. The average Bonchev–Trinajstić information content (AvgIpc) is 3.08. The largest absolute Gasteiger partial charge is 0.444 e. The Morgan fingerprint density at radius 1 is 1.33 bits per heavy atom. The van der Waals surface area contributed by atoms with Crippen LogP contribution in [0.4, 0.5) is 15.7 Å². The molecule has 3 heterocycles. The SMILES string of the molecule is CCc1cnc(Nc2cccc(C3CCN(C(=O)OC(C)(C)C)CC3)n2)s1. The van der Waals surface area contributed by atoms with Crippen LogP contribution in [0.2, 0.25) is 0 Å². The Morgan fingerprint density at radius 3 is 2.70 bits per heavy atom. The molecule has 6 nitrogen and oxygen atoms in total. The first-order chi connectivity index (χ1) is 12.8. The molecule has 1 amide bonds. The van der Waals surface area contributed by atoms with Gasteiger partial charge in [-0.1, -0.05) is 13.0 Å². The fourth-order valence-electron chi connectivity index (χ4n) is 3.07. The Labute approximate surface area is 165 Å². The van der Waals surface area contributed by atoms with Crippen LogP contribution in [0, 0.1) is 0 Å². The van der Waals surface area contributed by atoms with Gasteiger partial charge in [0.1, 0.15) is 11.4 Å². The summed E-state index contributed by atoms with van der Waals surface area (Å²) in [4.78, 5) is 24.4. The second-order valence-electron chi connectivity index (χ2n) is 7.80. The smallest absolute Gasteiger partial charge is 0.410 e. The molecule has 146 valence electrons. The maximum absolute atomic E-state index is 12.2. The fourth-order valence-corrected chi connectivity index (χ4v) is 3.83. The van der Waals surface area contributed by atoms with E-state index in [1.807, 2.05) is 39.1 Å². The van der Waals surface area contributed by atoms with Crippen LogP contribution in [0.5, 0.6) is 0 Å². The lowest BCUT2D eigenvalue weighted by Crippen LogP contribution is -2.41. The molecule has 1 aliphatic rings. The third kappa shape index (κ3) is 5.42. The number of nitrogens with zero attached hydrogens (tertiary/aromatic N) is 3. The molecule has 27 heavy (non-hydrogen) atoms. The molecule has 1 fully saturated rings. The first-order valence-corrected chi connectivity index (χ1v) is 10.3. The van der Waals surface area contributed by atoms with Crippen molar-refractivity contribution in [1.29, 1.82) is 0 Å². The van der Waals surface area contributed by atoms with Crippen molar-refractivity contribution < 1.29 is 9.53 Å². The average molecular weight is 389 g/mol. The number of likely N-dealkylation sites (tertiary alicyclic amines) is 1. The van der Waals surface area contributed by atoms with Gasteiger partial charge in [-0.25, -0.2) is 14.8 Å². The number of aryl methyl sites for hydroxylation is 1. The molecule has 0 bridgehead atoms. The molecule has 2 aromatic heterocycles. The van der Waals surface area contributed by atoms with Crippen LogP contribution in [0.25, 0.3) is 0 Å². The number of pyridine rings is 1. The zero-order chi connectivity index (χ0) is 19.4. The minimum absolute atomic E-state index is 0.222. The van der Waals surface area contributed by atoms with Crippen LogP contribution in [-0.4, -0.2) is 39.7 Å². The van der Waals surface area contributed by atoms with Gasteiger partial charge in [0.2, 0.25) is 0 Å². The van der Waals surface area contributed by atoms with E-state index in [-0.39, 0.29) is 6.09 Å². The molecule has 2 aromatic rings. The number of thiazole rings is 1.